The Morgan fingerprint density at radius 2 is 2.12 bits per heavy atom. The van der Waals surface area contributed by atoms with E-state index < -0.39 is 12.0 Å². The number of phenols is 1. The number of halogens is 1. The van der Waals surface area contributed by atoms with Crippen molar-refractivity contribution in [1.82, 2.24) is 4.98 Å². The van der Waals surface area contributed by atoms with Crippen molar-refractivity contribution < 1.29 is 20.3 Å². The van der Waals surface area contributed by atoms with E-state index in [2.05, 4.69) is 20.9 Å². The molecule has 6 heteroatoms. The van der Waals surface area contributed by atoms with Gasteiger partial charge in [-0.2, -0.15) is 0 Å². The van der Waals surface area contributed by atoms with Crippen LogP contribution < -0.4 is 10.4 Å². The number of aryl methyl sites for hydroxylation is 1. The molecule has 2 atom stereocenters. The molecule has 0 bridgehead atoms. The van der Waals surface area contributed by atoms with Crippen molar-refractivity contribution in [3.63, 3.8) is 0 Å². The van der Waals surface area contributed by atoms with Crippen molar-refractivity contribution in [2.45, 2.75) is 25.4 Å². The van der Waals surface area contributed by atoms with E-state index in [-0.39, 0.29) is 11.8 Å². The second-order valence-corrected chi connectivity index (χ2v) is 7.40. The number of carbonyl (C=O) groups is 1. The minimum Gasteiger partial charge on any atom is -0.544 e. The first-order valence-electron chi connectivity index (χ1n) is 8.10. The van der Waals surface area contributed by atoms with Crippen LogP contribution in [0.25, 0.3) is 10.9 Å². The molecule has 3 aromatic rings. The number of hydrogen-bond acceptors (Lipinski definition) is 3. The molecule has 0 saturated heterocycles. The summed E-state index contributed by atoms with van der Waals surface area (Å²) in [6.07, 6.45) is 0.395. The predicted molar refractivity (Wildman–Crippen MR) is 95.1 cm³/mol. The van der Waals surface area contributed by atoms with Gasteiger partial charge in [0, 0.05) is 17.3 Å². The molecule has 0 saturated carbocycles. The Morgan fingerprint density at radius 1 is 1.36 bits per heavy atom. The SMILES string of the molecule is Cc1cc(Br)c(O)c([C@@H]2[NH2+][C@H](C(=O)[O-])Cc3c2[nH]c2ccccc32)c1. The number of quaternary nitrogens is 1. The van der Waals surface area contributed by atoms with E-state index in [4.69, 9.17) is 0 Å². The normalized spacial score (nSPS) is 19.8. The largest absolute Gasteiger partial charge is 0.544 e. The molecule has 2 aromatic carbocycles. The third-order valence-corrected chi connectivity index (χ3v) is 5.49. The Hall–Kier alpha value is -2.31. The number of carboxylic acid groups (broad SMARTS) is 1. The lowest BCUT2D eigenvalue weighted by atomic mass is 9.89. The van der Waals surface area contributed by atoms with Crippen LogP contribution in [0.2, 0.25) is 0 Å². The number of nitrogens with one attached hydrogen (secondary N) is 1. The number of aromatic amines is 1. The molecule has 25 heavy (non-hydrogen) atoms. The fraction of sp³-hybridized carbons (Fsp3) is 0.211. The molecule has 4 rings (SSSR count). The molecular weight excluding hydrogens is 384 g/mol. The smallest absolute Gasteiger partial charge is 0.157 e. The highest BCUT2D eigenvalue weighted by Crippen LogP contribution is 2.38. The number of hydrogen-bond donors (Lipinski definition) is 3. The molecule has 128 valence electrons. The Balaban J connectivity index is 1.96. The standard InChI is InChI=1S/C19H17BrN2O3/c1-9-6-12(18(23)13(20)7-9)17-16-11(8-15(22-17)19(24)25)10-4-2-3-5-14(10)21-16/h2-7,15,17,21-23H,8H2,1H3,(H,24,25)/t15-,17-/m0/s1. The zero-order valence-electron chi connectivity index (χ0n) is 13.5. The van der Waals surface area contributed by atoms with Crippen molar-refractivity contribution in [2.75, 3.05) is 0 Å². The van der Waals surface area contributed by atoms with Gasteiger partial charge in [-0.25, -0.2) is 0 Å². The molecule has 1 aromatic heterocycles. The van der Waals surface area contributed by atoms with Gasteiger partial charge in [0.05, 0.1) is 21.7 Å². The number of benzene rings is 2. The first kappa shape index (κ1) is 16.2. The van der Waals surface area contributed by atoms with Gasteiger partial charge in [-0.15, -0.1) is 0 Å². The van der Waals surface area contributed by atoms with E-state index in [1.165, 1.54) is 0 Å². The number of carboxylic acids is 1. The van der Waals surface area contributed by atoms with E-state index >= 15 is 0 Å². The number of para-hydroxylation sites is 1. The van der Waals surface area contributed by atoms with Crippen LogP contribution >= 0.6 is 15.9 Å². The van der Waals surface area contributed by atoms with Gasteiger partial charge in [0.25, 0.3) is 0 Å². The minimum atomic E-state index is -1.09. The monoisotopic (exact) mass is 400 g/mol. The summed E-state index contributed by atoms with van der Waals surface area (Å²) in [5, 5.41) is 24.9. The molecule has 0 spiro atoms. The quantitative estimate of drug-likeness (QED) is 0.604. The van der Waals surface area contributed by atoms with Gasteiger partial charge in [-0.1, -0.05) is 18.2 Å². The summed E-state index contributed by atoms with van der Waals surface area (Å²) >= 11 is 3.38. The number of aromatic nitrogens is 1. The van der Waals surface area contributed by atoms with Crippen LogP contribution in [0, 0.1) is 6.92 Å². The molecule has 0 unspecified atom stereocenters. The van der Waals surface area contributed by atoms with Crippen LogP contribution in [0.5, 0.6) is 5.75 Å². The molecule has 0 fully saturated rings. The zero-order valence-corrected chi connectivity index (χ0v) is 15.1. The van der Waals surface area contributed by atoms with Crippen LogP contribution in [0.3, 0.4) is 0 Å². The predicted octanol–water partition coefficient (Wildman–Crippen LogP) is 1.27. The van der Waals surface area contributed by atoms with Gasteiger partial charge in [-0.3, -0.25) is 0 Å². The molecule has 1 aliphatic rings. The fourth-order valence-corrected chi connectivity index (χ4v) is 4.33. The summed E-state index contributed by atoms with van der Waals surface area (Å²) in [6, 6.07) is 10.6. The first-order chi connectivity index (χ1) is 12.0. The average Bonchev–Trinajstić information content (AvgIpc) is 2.96. The van der Waals surface area contributed by atoms with E-state index in [0.717, 1.165) is 27.7 Å². The summed E-state index contributed by atoms with van der Waals surface area (Å²) in [5.41, 5.74) is 4.56. The molecule has 1 aliphatic heterocycles. The Kier molecular flexibility index (Phi) is 3.81. The number of aliphatic carboxylic acids is 1. The summed E-state index contributed by atoms with van der Waals surface area (Å²) in [6.45, 7) is 1.94. The number of H-pyrrole nitrogens is 1. The highest BCUT2D eigenvalue weighted by Gasteiger charge is 2.36. The van der Waals surface area contributed by atoms with Crippen LogP contribution in [0.15, 0.2) is 40.9 Å². The van der Waals surface area contributed by atoms with Gasteiger partial charge in [0.1, 0.15) is 11.8 Å². The zero-order chi connectivity index (χ0) is 17.7. The molecule has 0 radical (unpaired) electrons. The molecule has 0 aliphatic carbocycles. The van der Waals surface area contributed by atoms with Crippen LogP contribution in [-0.4, -0.2) is 22.1 Å². The fourth-order valence-electron chi connectivity index (χ4n) is 3.74. The molecule has 4 N–H and O–H groups in total. The number of rotatable bonds is 2. The van der Waals surface area contributed by atoms with Crippen LogP contribution in [-0.2, 0) is 11.2 Å². The Morgan fingerprint density at radius 3 is 2.88 bits per heavy atom. The number of phenolic OH excluding ortho intramolecular Hbond substituents is 1. The van der Waals surface area contributed by atoms with Gasteiger partial charge in [-0.05, 0) is 52.2 Å². The van der Waals surface area contributed by atoms with Crippen molar-refractivity contribution in [3.05, 3.63) is 63.3 Å². The van der Waals surface area contributed by atoms with Crippen LogP contribution in [0.4, 0.5) is 0 Å². The average molecular weight is 401 g/mol. The lowest BCUT2D eigenvalue weighted by molar-refractivity contribution is -0.717. The third-order valence-electron chi connectivity index (χ3n) is 4.88. The van der Waals surface area contributed by atoms with E-state index in [1.54, 1.807) is 5.32 Å². The van der Waals surface area contributed by atoms with Gasteiger partial charge in [0.2, 0.25) is 0 Å². The van der Waals surface area contributed by atoms with Gasteiger partial charge in [0.15, 0.2) is 6.04 Å². The van der Waals surface area contributed by atoms with Crippen molar-refractivity contribution >= 4 is 32.8 Å². The topological polar surface area (TPSA) is 92.8 Å². The maximum atomic E-state index is 11.6. The van der Waals surface area contributed by atoms with Crippen molar-refractivity contribution in [1.29, 1.82) is 0 Å². The van der Waals surface area contributed by atoms with E-state index in [1.807, 2.05) is 43.3 Å². The molecule has 0 amide bonds. The van der Waals surface area contributed by atoms with E-state index in [9.17, 15) is 15.0 Å². The van der Waals surface area contributed by atoms with E-state index in [0.29, 0.717) is 16.5 Å². The number of nitrogens with two attached hydrogens (primary N) is 1. The highest BCUT2D eigenvalue weighted by molar-refractivity contribution is 9.10. The van der Waals surface area contributed by atoms with Gasteiger partial charge < -0.3 is 25.3 Å². The third kappa shape index (κ3) is 2.62. The Bertz CT molecular complexity index is 996. The molecule has 5 nitrogen and oxygen atoms in total. The summed E-state index contributed by atoms with van der Waals surface area (Å²) in [7, 11) is 0. The van der Waals surface area contributed by atoms with Gasteiger partial charge >= 0.3 is 0 Å². The number of carbonyl (C=O) groups excluding carboxylic acids is 1. The molecule has 2 heterocycles. The van der Waals surface area contributed by atoms with Crippen LogP contribution in [0.1, 0.15) is 28.4 Å². The maximum Gasteiger partial charge on any atom is 0.157 e. The Labute approximate surface area is 152 Å². The lowest BCUT2D eigenvalue weighted by Crippen LogP contribution is -2.95. The summed E-state index contributed by atoms with van der Waals surface area (Å²) < 4.78 is 0.601. The maximum absolute atomic E-state index is 11.6. The van der Waals surface area contributed by atoms with Crippen molar-refractivity contribution in [3.8, 4) is 5.75 Å². The summed E-state index contributed by atoms with van der Waals surface area (Å²) in [5.74, 6) is -0.956. The number of fused-ring (bicyclic) bond motifs is 3. The second kappa shape index (κ2) is 5.89. The van der Waals surface area contributed by atoms with Crippen molar-refractivity contribution in [2.24, 2.45) is 0 Å². The minimum absolute atomic E-state index is 0.135. The second-order valence-electron chi connectivity index (χ2n) is 6.55. The highest BCUT2D eigenvalue weighted by atomic mass is 79.9. The lowest BCUT2D eigenvalue weighted by Gasteiger charge is -2.29. The first-order valence-corrected chi connectivity index (χ1v) is 8.89. The number of aromatic hydroxyl groups is 1. The summed E-state index contributed by atoms with van der Waals surface area (Å²) in [4.78, 5) is 15.0. The molecular formula is C19H17BrN2O3.